The van der Waals surface area contributed by atoms with Gasteiger partial charge in [0.25, 0.3) is 11.6 Å². The third-order valence-electron chi connectivity index (χ3n) is 2.44. The maximum absolute atomic E-state index is 11.4. The zero-order valence-electron chi connectivity index (χ0n) is 11.3. The van der Waals surface area contributed by atoms with Crippen LogP contribution >= 0.6 is 0 Å². The molecule has 0 aliphatic rings. The van der Waals surface area contributed by atoms with Crippen molar-refractivity contribution in [3.8, 4) is 5.75 Å². The predicted octanol–water partition coefficient (Wildman–Crippen LogP) is 2.05. The Morgan fingerprint density at radius 1 is 1.47 bits per heavy atom. The standard InChI is InChI=1S/C13H18N2O4/c1-9(2)7-14-13(16)8-19-11-4-5-12(15(17)18)10(3)6-11/h4-6,9H,7-8H2,1-3H3,(H,14,16). The SMILES string of the molecule is Cc1cc(OCC(=O)NCC(C)C)ccc1[N+](=O)[O-]. The van der Waals surface area contributed by atoms with E-state index < -0.39 is 4.92 Å². The first kappa shape index (κ1) is 14.9. The largest absolute Gasteiger partial charge is 0.484 e. The number of hydrogen-bond acceptors (Lipinski definition) is 4. The number of carbonyl (C=O) groups excluding carboxylic acids is 1. The monoisotopic (exact) mass is 266 g/mol. The summed E-state index contributed by atoms with van der Waals surface area (Å²) in [6, 6.07) is 4.41. The topological polar surface area (TPSA) is 81.5 Å². The number of benzene rings is 1. The minimum atomic E-state index is -0.450. The minimum Gasteiger partial charge on any atom is -0.484 e. The van der Waals surface area contributed by atoms with Crippen LogP contribution in [-0.4, -0.2) is 24.0 Å². The molecule has 6 nitrogen and oxygen atoms in total. The Morgan fingerprint density at radius 3 is 2.68 bits per heavy atom. The summed E-state index contributed by atoms with van der Waals surface area (Å²) in [4.78, 5) is 21.6. The lowest BCUT2D eigenvalue weighted by molar-refractivity contribution is -0.385. The fraction of sp³-hybridized carbons (Fsp3) is 0.462. The normalized spacial score (nSPS) is 10.3. The summed E-state index contributed by atoms with van der Waals surface area (Å²) in [6.45, 7) is 6.14. The maximum Gasteiger partial charge on any atom is 0.272 e. The van der Waals surface area contributed by atoms with Crippen molar-refractivity contribution in [1.29, 1.82) is 0 Å². The molecule has 0 unspecified atom stereocenters. The van der Waals surface area contributed by atoms with E-state index in [1.165, 1.54) is 12.1 Å². The third-order valence-corrected chi connectivity index (χ3v) is 2.44. The Balaban J connectivity index is 2.52. The molecule has 0 saturated carbocycles. The molecule has 0 heterocycles. The van der Waals surface area contributed by atoms with Gasteiger partial charge >= 0.3 is 0 Å². The summed E-state index contributed by atoms with van der Waals surface area (Å²) in [5, 5.41) is 13.4. The molecule has 1 aromatic rings. The fourth-order valence-electron chi connectivity index (χ4n) is 1.44. The van der Waals surface area contributed by atoms with Crippen LogP contribution < -0.4 is 10.1 Å². The van der Waals surface area contributed by atoms with E-state index in [-0.39, 0.29) is 18.2 Å². The van der Waals surface area contributed by atoms with E-state index in [2.05, 4.69) is 5.32 Å². The van der Waals surface area contributed by atoms with Crippen LogP contribution in [0.25, 0.3) is 0 Å². The van der Waals surface area contributed by atoms with E-state index in [1.54, 1.807) is 13.0 Å². The van der Waals surface area contributed by atoms with E-state index >= 15 is 0 Å². The fourth-order valence-corrected chi connectivity index (χ4v) is 1.44. The molecule has 0 saturated heterocycles. The Hall–Kier alpha value is -2.11. The molecule has 0 spiro atoms. The Bertz CT molecular complexity index is 472. The Labute approximate surface area is 111 Å². The van der Waals surface area contributed by atoms with Gasteiger partial charge in [-0.1, -0.05) is 13.8 Å². The van der Waals surface area contributed by atoms with Gasteiger partial charge in [-0.25, -0.2) is 0 Å². The van der Waals surface area contributed by atoms with E-state index in [4.69, 9.17) is 4.74 Å². The number of nitrogens with one attached hydrogen (secondary N) is 1. The average molecular weight is 266 g/mol. The van der Waals surface area contributed by atoms with Crippen molar-refractivity contribution in [2.45, 2.75) is 20.8 Å². The number of carbonyl (C=O) groups is 1. The number of amides is 1. The second-order valence-corrected chi connectivity index (χ2v) is 4.69. The van der Waals surface area contributed by atoms with Crippen molar-refractivity contribution in [3.63, 3.8) is 0 Å². The van der Waals surface area contributed by atoms with Gasteiger partial charge in [-0.15, -0.1) is 0 Å². The van der Waals surface area contributed by atoms with Crippen LogP contribution in [-0.2, 0) is 4.79 Å². The van der Waals surface area contributed by atoms with Crippen LogP contribution in [0.5, 0.6) is 5.75 Å². The summed E-state index contributed by atoms with van der Waals surface area (Å²) in [6.07, 6.45) is 0. The molecule has 19 heavy (non-hydrogen) atoms. The number of rotatable bonds is 6. The smallest absolute Gasteiger partial charge is 0.272 e. The van der Waals surface area contributed by atoms with Crippen LogP contribution in [0.2, 0.25) is 0 Å². The molecular weight excluding hydrogens is 248 g/mol. The van der Waals surface area contributed by atoms with Gasteiger partial charge in [0.2, 0.25) is 0 Å². The van der Waals surface area contributed by atoms with Crippen molar-refractivity contribution >= 4 is 11.6 Å². The first-order chi connectivity index (χ1) is 8.90. The molecule has 0 aliphatic heterocycles. The molecule has 6 heteroatoms. The van der Waals surface area contributed by atoms with Crippen molar-refractivity contribution in [2.24, 2.45) is 5.92 Å². The van der Waals surface area contributed by atoms with Gasteiger partial charge in [0.15, 0.2) is 6.61 Å². The molecular formula is C13H18N2O4. The second kappa shape index (κ2) is 6.72. The van der Waals surface area contributed by atoms with Gasteiger partial charge in [-0.2, -0.15) is 0 Å². The number of aryl methyl sites for hydroxylation is 1. The molecule has 0 bridgehead atoms. The lowest BCUT2D eigenvalue weighted by Crippen LogP contribution is -2.31. The van der Waals surface area contributed by atoms with Crippen LogP contribution in [0, 0.1) is 23.0 Å². The van der Waals surface area contributed by atoms with E-state index in [0.717, 1.165) is 0 Å². The number of nitro groups is 1. The zero-order chi connectivity index (χ0) is 14.4. The highest BCUT2D eigenvalue weighted by Crippen LogP contribution is 2.22. The summed E-state index contributed by atoms with van der Waals surface area (Å²) in [5.41, 5.74) is 0.543. The molecule has 1 N–H and O–H groups in total. The molecule has 0 aliphatic carbocycles. The molecule has 1 amide bonds. The van der Waals surface area contributed by atoms with Gasteiger partial charge in [0.05, 0.1) is 4.92 Å². The van der Waals surface area contributed by atoms with Gasteiger partial charge in [-0.05, 0) is 25.0 Å². The van der Waals surface area contributed by atoms with Gasteiger partial charge < -0.3 is 10.1 Å². The maximum atomic E-state index is 11.4. The summed E-state index contributed by atoms with van der Waals surface area (Å²) in [7, 11) is 0. The van der Waals surface area contributed by atoms with Gasteiger partial charge in [0, 0.05) is 18.2 Å². The van der Waals surface area contributed by atoms with Gasteiger partial charge in [0.1, 0.15) is 5.75 Å². The average Bonchev–Trinajstić information content (AvgIpc) is 2.33. The van der Waals surface area contributed by atoms with Crippen molar-refractivity contribution in [1.82, 2.24) is 5.32 Å². The lowest BCUT2D eigenvalue weighted by Gasteiger charge is -2.09. The van der Waals surface area contributed by atoms with Crippen molar-refractivity contribution in [3.05, 3.63) is 33.9 Å². The van der Waals surface area contributed by atoms with E-state index in [9.17, 15) is 14.9 Å². The number of nitro benzene ring substituents is 1. The first-order valence-corrected chi connectivity index (χ1v) is 6.04. The van der Waals surface area contributed by atoms with Crippen LogP contribution in [0.1, 0.15) is 19.4 Å². The van der Waals surface area contributed by atoms with Crippen molar-refractivity contribution in [2.75, 3.05) is 13.2 Å². The predicted molar refractivity (Wildman–Crippen MR) is 71.2 cm³/mol. The minimum absolute atomic E-state index is 0.0385. The molecule has 0 aromatic heterocycles. The third kappa shape index (κ3) is 4.95. The summed E-state index contributed by atoms with van der Waals surface area (Å²) >= 11 is 0. The van der Waals surface area contributed by atoms with Crippen molar-refractivity contribution < 1.29 is 14.5 Å². The number of hydrogen-bond donors (Lipinski definition) is 1. The van der Waals surface area contributed by atoms with Crippen LogP contribution in [0.15, 0.2) is 18.2 Å². The first-order valence-electron chi connectivity index (χ1n) is 6.04. The highest BCUT2D eigenvalue weighted by Gasteiger charge is 2.11. The highest BCUT2D eigenvalue weighted by molar-refractivity contribution is 5.77. The quantitative estimate of drug-likeness (QED) is 0.631. The summed E-state index contributed by atoms with van der Waals surface area (Å²) in [5.74, 6) is 0.623. The molecule has 0 atom stereocenters. The molecule has 0 radical (unpaired) electrons. The summed E-state index contributed by atoms with van der Waals surface area (Å²) < 4.78 is 5.28. The molecule has 1 aromatic carbocycles. The number of ether oxygens (including phenoxy) is 1. The highest BCUT2D eigenvalue weighted by atomic mass is 16.6. The van der Waals surface area contributed by atoms with Crippen LogP contribution in [0.4, 0.5) is 5.69 Å². The molecule has 104 valence electrons. The zero-order valence-corrected chi connectivity index (χ0v) is 11.3. The van der Waals surface area contributed by atoms with E-state index in [1.807, 2.05) is 13.8 Å². The Kier molecular flexibility index (Phi) is 5.29. The van der Waals surface area contributed by atoms with E-state index in [0.29, 0.717) is 23.8 Å². The number of nitrogens with zero attached hydrogens (tertiary/aromatic N) is 1. The molecule has 0 fully saturated rings. The van der Waals surface area contributed by atoms with Crippen LogP contribution in [0.3, 0.4) is 0 Å². The Morgan fingerprint density at radius 2 is 2.16 bits per heavy atom. The lowest BCUT2D eigenvalue weighted by atomic mass is 10.2. The van der Waals surface area contributed by atoms with Gasteiger partial charge in [-0.3, -0.25) is 14.9 Å². The second-order valence-electron chi connectivity index (χ2n) is 4.69. The molecule has 1 rings (SSSR count).